The predicted molar refractivity (Wildman–Crippen MR) is 67.6 cm³/mol. The van der Waals surface area contributed by atoms with E-state index in [2.05, 4.69) is 15.3 Å². The van der Waals surface area contributed by atoms with Gasteiger partial charge in [-0.2, -0.15) is 0 Å². The number of benzene rings is 1. The van der Waals surface area contributed by atoms with E-state index in [4.69, 9.17) is 18.0 Å². The van der Waals surface area contributed by atoms with Gasteiger partial charge in [-0.15, -0.1) is 0 Å². The summed E-state index contributed by atoms with van der Waals surface area (Å²) in [6.07, 6.45) is 2.70. The standard InChI is InChI=1S/C11H8F2N4S/c12-6-1-7(13)3-8(2-6)17-11-9(10(14)18)4-15-5-16-11/h1-5H,(H2,14,18)(H,15,16,17). The molecule has 2 aromatic rings. The molecule has 0 aliphatic rings. The minimum atomic E-state index is -0.691. The first-order valence-corrected chi connectivity index (χ1v) is 5.30. The Balaban J connectivity index is 2.37. The highest BCUT2D eigenvalue weighted by molar-refractivity contribution is 7.80. The summed E-state index contributed by atoms with van der Waals surface area (Å²) < 4.78 is 26.1. The van der Waals surface area contributed by atoms with Crippen LogP contribution in [0, 0.1) is 11.6 Å². The highest BCUT2D eigenvalue weighted by atomic mass is 32.1. The van der Waals surface area contributed by atoms with Crippen molar-refractivity contribution in [3.8, 4) is 0 Å². The molecule has 2 rings (SSSR count). The van der Waals surface area contributed by atoms with Gasteiger partial charge in [0, 0.05) is 18.0 Å². The van der Waals surface area contributed by atoms with E-state index in [-0.39, 0.29) is 10.7 Å². The molecular formula is C11H8F2N4S. The summed E-state index contributed by atoms with van der Waals surface area (Å²) in [5.41, 5.74) is 6.10. The molecule has 0 amide bonds. The first-order chi connectivity index (χ1) is 8.56. The van der Waals surface area contributed by atoms with Crippen molar-refractivity contribution in [3.05, 3.63) is 47.9 Å². The first kappa shape index (κ1) is 12.3. The lowest BCUT2D eigenvalue weighted by Crippen LogP contribution is -2.13. The largest absolute Gasteiger partial charge is 0.389 e. The van der Waals surface area contributed by atoms with Crippen LogP contribution < -0.4 is 11.1 Å². The molecule has 0 aliphatic carbocycles. The molecule has 92 valence electrons. The zero-order valence-electron chi connectivity index (χ0n) is 9.02. The SMILES string of the molecule is NC(=S)c1cncnc1Nc1cc(F)cc(F)c1. The van der Waals surface area contributed by atoms with Gasteiger partial charge in [0.1, 0.15) is 28.8 Å². The zero-order chi connectivity index (χ0) is 13.1. The molecule has 0 unspecified atom stereocenters. The second-order valence-electron chi connectivity index (χ2n) is 3.43. The van der Waals surface area contributed by atoms with Crippen molar-refractivity contribution < 1.29 is 8.78 Å². The van der Waals surface area contributed by atoms with Crippen LogP contribution in [0.1, 0.15) is 5.56 Å². The minimum Gasteiger partial charge on any atom is -0.389 e. The molecular weight excluding hydrogens is 258 g/mol. The van der Waals surface area contributed by atoms with Crippen LogP contribution in [0.4, 0.5) is 20.3 Å². The first-order valence-electron chi connectivity index (χ1n) is 4.89. The van der Waals surface area contributed by atoms with Crippen molar-refractivity contribution in [1.29, 1.82) is 0 Å². The summed E-state index contributed by atoms with van der Waals surface area (Å²) >= 11 is 4.83. The lowest BCUT2D eigenvalue weighted by atomic mass is 10.2. The second-order valence-corrected chi connectivity index (χ2v) is 3.87. The van der Waals surface area contributed by atoms with E-state index < -0.39 is 11.6 Å². The van der Waals surface area contributed by atoms with Crippen molar-refractivity contribution in [2.75, 3.05) is 5.32 Å². The van der Waals surface area contributed by atoms with E-state index in [0.29, 0.717) is 11.4 Å². The molecule has 0 atom stereocenters. The predicted octanol–water partition coefficient (Wildman–Crippen LogP) is 2.13. The molecule has 0 saturated carbocycles. The van der Waals surface area contributed by atoms with E-state index in [9.17, 15) is 8.78 Å². The van der Waals surface area contributed by atoms with Gasteiger partial charge >= 0.3 is 0 Å². The third-order valence-electron chi connectivity index (χ3n) is 2.10. The lowest BCUT2D eigenvalue weighted by Gasteiger charge is -2.09. The number of hydrogen-bond donors (Lipinski definition) is 2. The van der Waals surface area contributed by atoms with Gasteiger partial charge in [-0.05, 0) is 12.1 Å². The monoisotopic (exact) mass is 266 g/mol. The maximum atomic E-state index is 13.0. The Morgan fingerprint density at radius 2 is 1.89 bits per heavy atom. The van der Waals surface area contributed by atoms with E-state index in [1.807, 2.05) is 0 Å². The van der Waals surface area contributed by atoms with Gasteiger partial charge in [-0.1, -0.05) is 12.2 Å². The lowest BCUT2D eigenvalue weighted by molar-refractivity contribution is 0.584. The second kappa shape index (κ2) is 5.01. The molecule has 1 heterocycles. The van der Waals surface area contributed by atoms with Crippen LogP contribution in [0.25, 0.3) is 0 Å². The fraction of sp³-hybridized carbons (Fsp3) is 0. The molecule has 0 saturated heterocycles. The van der Waals surface area contributed by atoms with Crippen LogP contribution in [-0.2, 0) is 0 Å². The van der Waals surface area contributed by atoms with Crippen molar-refractivity contribution in [2.24, 2.45) is 5.73 Å². The number of halogens is 2. The Morgan fingerprint density at radius 3 is 2.50 bits per heavy atom. The van der Waals surface area contributed by atoms with Gasteiger partial charge in [0.2, 0.25) is 0 Å². The van der Waals surface area contributed by atoms with Crippen LogP contribution in [0.2, 0.25) is 0 Å². The molecule has 18 heavy (non-hydrogen) atoms. The highest BCUT2D eigenvalue weighted by Crippen LogP contribution is 2.19. The van der Waals surface area contributed by atoms with Gasteiger partial charge in [0.25, 0.3) is 0 Å². The summed E-state index contributed by atoms with van der Waals surface area (Å²) in [4.78, 5) is 7.79. The number of nitrogens with one attached hydrogen (secondary N) is 1. The topological polar surface area (TPSA) is 63.8 Å². The van der Waals surface area contributed by atoms with Crippen molar-refractivity contribution in [3.63, 3.8) is 0 Å². The van der Waals surface area contributed by atoms with Gasteiger partial charge in [-0.3, -0.25) is 0 Å². The average Bonchev–Trinajstić information content (AvgIpc) is 2.27. The number of aromatic nitrogens is 2. The minimum absolute atomic E-state index is 0.0926. The molecule has 0 radical (unpaired) electrons. The third-order valence-corrected chi connectivity index (χ3v) is 2.32. The van der Waals surface area contributed by atoms with Gasteiger partial charge < -0.3 is 11.1 Å². The Kier molecular flexibility index (Phi) is 3.42. The van der Waals surface area contributed by atoms with Crippen LogP contribution in [0.3, 0.4) is 0 Å². The van der Waals surface area contributed by atoms with Crippen molar-refractivity contribution >= 4 is 28.7 Å². The smallest absolute Gasteiger partial charge is 0.144 e. The molecule has 4 nitrogen and oxygen atoms in total. The zero-order valence-corrected chi connectivity index (χ0v) is 9.84. The maximum Gasteiger partial charge on any atom is 0.144 e. The fourth-order valence-corrected chi connectivity index (χ4v) is 1.52. The summed E-state index contributed by atoms with van der Waals surface area (Å²) in [5.74, 6) is -1.09. The highest BCUT2D eigenvalue weighted by Gasteiger charge is 2.08. The van der Waals surface area contributed by atoms with Crippen LogP contribution in [-0.4, -0.2) is 15.0 Å². The third kappa shape index (κ3) is 2.75. The summed E-state index contributed by atoms with van der Waals surface area (Å²) in [6.45, 7) is 0. The van der Waals surface area contributed by atoms with E-state index in [1.165, 1.54) is 12.5 Å². The average molecular weight is 266 g/mol. The summed E-state index contributed by atoms with van der Waals surface area (Å²) in [5, 5.41) is 2.74. The van der Waals surface area contributed by atoms with E-state index in [0.717, 1.165) is 18.2 Å². The molecule has 7 heteroatoms. The summed E-state index contributed by atoms with van der Waals surface area (Å²) in [6, 6.07) is 3.04. The molecule has 0 aliphatic heterocycles. The molecule has 1 aromatic carbocycles. The number of anilines is 2. The van der Waals surface area contributed by atoms with Crippen LogP contribution >= 0.6 is 12.2 Å². The molecule has 1 aromatic heterocycles. The number of hydrogen-bond acceptors (Lipinski definition) is 4. The van der Waals surface area contributed by atoms with E-state index >= 15 is 0 Å². The Hall–Kier alpha value is -2.15. The Labute approximate surface area is 107 Å². The fourth-order valence-electron chi connectivity index (χ4n) is 1.37. The van der Waals surface area contributed by atoms with Crippen LogP contribution in [0.5, 0.6) is 0 Å². The van der Waals surface area contributed by atoms with Gasteiger partial charge in [-0.25, -0.2) is 18.7 Å². The van der Waals surface area contributed by atoms with Crippen molar-refractivity contribution in [2.45, 2.75) is 0 Å². The molecule has 0 spiro atoms. The van der Waals surface area contributed by atoms with Gasteiger partial charge in [0.15, 0.2) is 0 Å². The quantitative estimate of drug-likeness (QED) is 0.833. The van der Waals surface area contributed by atoms with Crippen LogP contribution in [0.15, 0.2) is 30.7 Å². The molecule has 3 N–H and O–H groups in total. The van der Waals surface area contributed by atoms with E-state index in [1.54, 1.807) is 0 Å². The van der Waals surface area contributed by atoms with Gasteiger partial charge in [0.05, 0.1) is 5.56 Å². The number of thiocarbonyl (C=S) groups is 1. The Bertz CT molecular complexity index is 583. The number of nitrogens with zero attached hydrogens (tertiary/aromatic N) is 2. The van der Waals surface area contributed by atoms with Crippen molar-refractivity contribution in [1.82, 2.24) is 9.97 Å². The summed E-state index contributed by atoms with van der Waals surface area (Å²) in [7, 11) is 0. The number of nitrogens with two attached hydrogens (primary N) is 1. The Morgan fingerprint density at radius 1 is 1.22 bits per heavy atom. The number of rotatable bonds is 3. The molecule has 0 bridgehead atoms. The maximum absolute atomic E-state index is 13.0. The normalized spacial score (nSPS) is 10.1. The molecule has 0 fully saturated rings.